The highest BCUT2D eigenvalue weighted by Crippen LogP contribution is 2.52. The lowest BCUT2D eigenvalue weighted by atomic mass is 9.57. The third-order valence-electron chi connectivity index (χ3n) is 6.59. The number of piperidine rings is 1. The first-order valence-corrected chi connectivity index (χ1v) is 9.18. The number of ether oxygens (including phenoxy) is 1. The van der Waals surface area contributed by atoms with Crippen LogP contribution in [0.3, 0.4) is 0 Å². The van der Waals surface area contributed by atoms with E-state index in [2.05, 4.69) is 40.4 Å². The van der Waals surface area contributed by atoms with E-state index in [4.69, 9.17) is 4.74 Å². The fourth-order valence-corrected chi connectivity index (χ4v) is 5.90. The van der Waals surface area contributed by atoms with E-state index in [1.54, 1.807) is 0 Å². The Morgan fingerprint density at radius 2 is 1.81 bits per heavy atom. The average molecular weight is 291 g/mol. The summed E-state index contributed by atoms with van der Waals surface area (Å²) in [6.45, 7) is 13.0. The van der Waals surface area contributed by atoms with Crippen molar-refractivity contribution in [2.75, 3.05) is 19.8 Å². The quantitative estimate of drug-likeness (QED) is 0.688. The Kier molecular flexibility index (Phi) is 4.20. The lowest BCUT2D eigenvalue weighted by Crippen LogP contribution is -2.72. The molecule has 2 nitrogen and oxygen atoms in total. The lowest BCUT2D eigenvalue weighted by Gasteiger charge is -2.62. The van der Waals surface area contributed by atoms with E-state index < -0.39 is 0 Å². The highest BCUT2D eigenvalue weighted by atomic mass is 16.5. The molecular weight excluding hydrogens is 257 g/mol. The summed E-state index contributed by atoms with van der Waals surface area (Å²) in [5.74, 6) is 2.67. The predicted octanol–water partition coefficient (Wildman–Crippen LogP) is 3.12. The molecule has 2 aliphatic heterocycles. The first-order valence-electron chi connectivity index (χ1n) is 9.18. The molecule has 120 valence electrons. The van der Waals surface area contributed by atoms with Crippen LogP contribution in [0.4, 0.5) is 0 Å². The Hall–Kier alpha value is -0.0151. The number of hydrogen-bond donors (Lipinski definition) is 0. The van der Waals surface area contributed by atoms with Gasteiger partial charge in [0.2, 0.25) is 0 Å². The zero-order valence-electron chi connectivity index (χ0n) is 14.8. The largest absolute Gasteiger partial charge is 0.377 e. The molecule has 3 aliphatic rings. The molecule has 0 amide bonds. The van der Waals surface area contributed by atoms with E-state index in [-0.39, 0.29) is 0 Å². The lowest BCUT2D eigenvalue weighted by molar-refractivity contribution is -0.211. The second kappa shape index (κ2) is 5.56. The van der Waals surface area contributed by atoms with Crippen LogP contribution in [-0.2, 0) is 4.74 Å². The minimum Gasteiger partial charge on any atom is -0.377 e. The van der Waals surface area contributed by atoms with E-state index in [0.29, 0.717) is 17.0 Å². The van der Waals surface area contributed by atoms with Gasteiger partial charge in [0.1, 0.15) is 7.85 Å². The number of nitrogens with zero attached hydrogens (tertiary/aromatic N) is 1. The van der Waals surface area contributed by atoms with Gasteiger partial charge in [-0.05, 0) is 56.9 Å². The van der Waals surface area contributed by atoms with Crippen molar-refractivity contribution in [3.05, 3.63) is 0 Å². The SMILES string of the molecule is BC1CCC2C(CCN(C(C)C)C23COC3)CC(C)(C)C1. The van der Waals surface area contributed by atoms with E-state index in [0.717, 1.165) is 30.9 Å². The summed E-state index contributed by atoms with van der Waals surface area (Å²) in [7, 11) is 2.47. The van der Waals surface area contributed by atoms with Crippen molar-refractivity contribution in [3.8, 4) is 0 Å². The van der Waals surface area contributed by atoms with Gasteiger partial charge < -0.3 is 4.74 Å². The van der Waals surface area contributed by atoms with E-state index in [9.17, 15) is 0 Å². The van der Waals surface area contributed by atoms with Gasteiger partial charge in [-0.2, -0.15) is 0 Å². The molecule has 3 unspecified atom stereocenters. The molecule has 3 rings (SSSR count). The van der Waals surface area contributed by atoms with Gasteiger partial charge in [0.15, 0.2) is 0 Å². The molecule has 0 N–H and O–H groups in total. The predicted molar refractivity (Wildman–Crippen MR) is 91.5 cm³/mol. The molecule has 2 saturated heterocycles. The maximum Gasteiger partial charge on any atom is 0.105 e. The third-order valence-corrected chi connectivity index (χ3v) is 6.59. The first kappa shape index (κ1) is 15.9. The molecule has 2 heterocycles. The first-order chi connectivity index (χ1) is 9.84. The van der Waals surface area contributed by atoms with Crippen molar-refractivity contribution in [2.24, 2.45) is 17.3 Å². The zero-order chi connectivity index (χ0) is 15.3. The normalized spacial score (nSPS) is 39.4. The van der Waals surface area contributed by atoms with Gasteiger partial charge in [-0.15, -0.1) is 0 Å². The van der Waals surface area contributed by atoms with Crippen LogP contribution in [0.25, 0.3) is 0 Å². The number of rotatable bonds is 1. The average Bonchev–Trinajstić information content (AvgIpc) is 2.31. The molecule has 3 atom stereocenters. The van der Waals surface area contributed by atoms with Crippen molar-refractivity contribution in [3.63, 3.8) is 0 Å². The van der Waals surface area contributed by atoms with Crippen molar-refractivity contribution >= 4 is 7.85 Å². The summed E-state index contributed by atoms with van der Waals surface area (Å²) in [5, 5.41) is 0. The zero-order valence-corrected chi connectivity index (χ0v) is 14.8. The van der Waals surface area contributed by atoms with Crippen molar-refractivity contribution in [1.82, 2.24) is 4.90 Å². The van der Waals surface area contributed by atoms with Crippen molar-refractivity contribution in [1.29, 1.82) is 0 Å². The Bertz CT molecular complexity index is 377. The number of likely N-dealkylation sites (tertiary alicyclic amines) is 1. The second-order valence-corrected chi connectivity index (χ2v) is 9.29. The fourth-order valence-electron chi connectivity index (χ4n) is 5.90. The maximum absolute atomic E-state index is 5.75. The molecule has 0 radical (unpaired) electrons. The van der Waals surface area contributed by atoms with Gasteiger partial charge in [0, 0.05) is 6.04 Å². The van der Waals surface area contributed by atoms with Crippen molar-refractivity contribution < 1.29 is 4.74 Å². The highest BCUT2D eigenvalue weighted by molar-refractivity contribution is 6.11. The van der Waals surface area contributed by atoms with E-state index in [1.165, 1.54) is 38.6 Å². The van der Waals surface area contributed by atoms with Crippen molar-refractivity contribution in [2.45, 2.75) is 77.2 Å². The van der Waals surface area contributed by atoms with Crippen LogP contribution < -0.4 is 0 Å². The van der Waals surface area contributed by atoms with Crippen LogP contribution in [-0.4, -0.2) is 44.1 Å². The summed E-state index contributed by atoms with van der Waals surface area (Å²) in [6, 6.07) is 0.658. The summed E-state index contributed by atoms with van der Waals surface area (Å²) in [4.78, 5) is 2.79. The number of fused-ring (bicyclic) bond motifs is 2. The Labute approximate surface area is 132 Å². The topological polar surface area (TPSA) is 12.5 Å². The Morgan fingerprint density at radius 1 is 1.10 bits per heavy atom. The number of hydrogen-bond acceptors (Lipinski definition) is 2. The second-order valence-electron chi connectivity index (χ2n) is 9.29. The summed E-state index contributed by atoms with van der Waals surface area (Å²) < 4.78 is 5.75. The molecule has 1 spiro atoms. The van der Waals surface area contributed by atoms with E-state index >= 15 is 0 Å². The van der Waals surface area contributed by atoms with Crippen LogP contribution in [0.2, 0.25) is 5.82 Å². The molecule has 0 aromatic heterocycles. The summed E-state index contributed by atoms with van der Waals surface area (Å²) in [6.07, 6.45) is 7.08. The summed E-state index contributed by atoms with van der Waals surface area (Å²) >= 11 is 0. The van der Waals surface area contributed by atoms with Gasteiger partial charge in [-0.25, -0.2) is 0 Å². The minimum atomic E-state index is 0.379. The standard InChI is InChI=1S/C18H34BNO/c1-13(2)20-8-7-14-9-17(3,4)10-15(19)5-6-16(14)18(20)11-21-12-18/h13-16H,5-12,19H2,1-4H3. The molecule has 0 bridgehead atoms. The van der Waals surface area contributed by atoms with Crippen LogP contribution in [0.15, 0.2) is 0 Å². The van der Waals surface area contributed by atoms with Gasteiger partial charge in [-0.3, -0.25) is 4.90 Å². The molecule has 1 aliphatic carbocycles. The van der Waals surface area contributed by atoms with Crippen LogP contribution >= 0.6 is 0 Å². The molecular formula is C18H34BNO. The summed E-state index contributed by atoms with van der Waals surface area (Å²) in [5.41, 5.74) is 0.902. The van der Waals surface area contributed by atoms with Crippen LogP contribution in [0.5, 0.6) is 0 Å². The van der Waals surface area contributed by atoms with Gasteiger partial charge >= 0.3 is 0 Å². The monoisotopic (exact) mass is 291 g/mol. The fraction of sp³-hybridized carbons (Fsp3) is 1.00. The van der Waals surface area contributed by atoms with Gasteiger partial charge in [0.25, 0.3) is 0 Å². The molecule has 3 fully saturated rings. The van der Waals surface area contributed by atoms with Crippen LogP contribution in [0, 0.1) is 17.3 Å². The van der Waals surface area contributed by atoms with E-state index in [1.807, 2.05) is 0 Å². The van der Waals surface area contributed by atoms with Gasteiger partial charge in [-0.1, -0.05) is 32.5 Å². The Morgan fingerprint density at radius 3 is 2.38 bits per heavy atom. The molecule has 3 heteroatoms. The third kappa shape index (κ3) is 2.81. The minimum absolute atomic E-state index is 0.379. The Balaban J connectivity index is 1.86. The smallest absolute Gasteiger partial charge is 0.105 e. The highest BCUT2D eigenvalue weighted by Gasteiger charge is 2.56. The van der Waals surface area contributed by atoms with Gasteiger partial charge in [0.05, 0.1) is 18.8 Å². The van der Waals surface area contributed by atoms with Crippen LogP contribution in [0.1, 0.15) is 59.8 Å². The molecule has 1 saturated carbocycles. The maximum atomic E-state index is 5.75. The molecule has 0 aromatic carbocycles. The molecule has 21 heavy (non-hydrogen) atoms. The molecule has 0 aromatic rings.